The van der Waals surface area contributed by atoms with E-state index in [2.05, 4.69) is 82.2 Å². The van der Waals surface area contributed by atoms with Crippen molar-refractivity contribution in [2.24, 2.45) is 5.92 Å². The lowest BCUT2D eigenvalue weighted by molar-refractivity contribution is 0.224. The Bertz CT molecular complexity index is 419. The Hall–Kier alpha value is -0.100. The summed E-state index contributed by atoms with van der Waals surface area (Å²) in [6.07, 6.45) is 0. The van der Waals surface area contributed by atoms with Crippen LogP contribution in [0.5, 0.6) is 5.75 Å². The van der Waals surface area contributed by atoms with Crippen LogP contribution in [0.3, 0.4) is 0 Å². The molecular weight excluding hydrogens is 396 g/mol. The predicted molar refractivity (Wildman–Crippen MR) is 97.0 cm³/mol. The first-order valence-corrected chi connectivity index (χ1v) is 8.93. The highest BCUT2D eigenvalue weighted by Crippen LogP contribution is 2.34. The Kier molecular flexibility index (Phi) is 8.24. The van der Waals surface area contributed by atoms with Crippen LogP contribution < -0.4 is 10.1 Å². The van der Waals surface area contributed by atoms with Crippen molar-refractivity contribution in [1.82, 2.24) is 10.2 Å². The van der Waals surface area contributed by atoms with E-state index < -0.39 is 0 Å². The second-order valence-electron chi connectivity index (χ2n) is 5.73. The van der Waals surface area contributed by atoms with Crippen molar-refractivity contribution >= 4 is 31.9 Å². The molecule has 21 heavy (non-hydrogen) atoms. The van der Waals surface area contributed by atoms with E-state index >= 15 is 0 Å². The van der Waals surface area contributed by atoms with E-state index in [1.807, 2.05) is 6.92 Å². The van der Waals surface area contributed by atoms with Crippen molar-refractivity contribution in [3.63, 3.8) is 0 Å². The summed E-state index contributed by atoms with van der Waals surface area (Å²) in [5.74, 6) is 1.50. The topological polar surface area (TPSA) is 24.5 Å². The molecule has 1 rings (SSSR count). The van der Waals surface area contributed by atoms with Gasteiger partial charge in [-0.05, 0) is 76.5 Å². The molecule has 1 aromatic carbocycles. The summed E-state index contributed by atoms with van der Waals surface area (Å²) in [5, 5.41) is 3.55. The molecule has 1 atom stereocenters. The molecule has 0 aliphatic carbocycles. The minimum Gasteiger partial charge on any atom is -0.492 e. The van der Waals surface area contributed by atoms with Crippen LogP contribution in [-0.4, -0.2) is 38.2 Å². The average molecular weight is 422 g/mol. The predicted octanol–water partition coefficient (Wildman–Crippen LogP) is 4.29. The molecule has 5 heteroatoms. The van der Waals surface area contributed by atoms with Crippen molar-refractivity contribution in [3.05, 3.63) is 26.6 Å². The lowest BCUT2D eigenvalue weighted by Gasteiger charge is -2.28. The molecule has 0 saturated carbocycles. The highest BCUT2D eigenvalue weighted by molar-refractivity contribution is 9.11. The number of nitrogens with one attached hydrogen (secondary N) is 1. The van der Waals surface area contributed by atoms with Crippen molar-refractivity contribution in [3.8, 4) is 5.75 Å². The lowest BCUT2D eigenvalue weighted by Crippen LogP contribution is -2.41. The van der Waals surface area contributed by atoms with Gasteiger partial charge in [-0.2, -0.15) is 0 Å². The van der Waals surface area contributed by atoms with Gasteiger partial charge in [0.1, 0.15) is 5.75 Å². The molecule has 0 heterocycles. The standard InChI is InChI=1S/C16H26Br2N2O/c1-6-21-16-13(17)7-12(8-14(16)18)9-19-10-15(11(2)3)20(4)5/h7-8,11,15,19H,6,9-10H2,1-5H3. The van der Waals surface area contributed by atoms with Crippen LogP contribution in [0.1, 0.15) is 26.3 Å². The van der Waals surface area contributed by atoms with Crippen molar-refractivity contribution in [2.75, 3.05) is 27.2 Å². The second kappa shape index (κ2) is 9.13. The van der Waals surface area contributed by atoms with Crippen LogP contribution in [-0.2, 0) is 6.54 Å². The molecule has 0 aliphatic heterocycles. The van der Waals surface area contributed by atoms with Gasteiger partial charge in [0.2, 0.25) is 0 Å². The number of ether oxygens (including phenoxy) is 1. The third-order valence-electron chi connectivity index (χ3n) is 3.46. The highest BCUT2D eigenvalue weighted by atomic mass is 79.9. The van der Waals surface area contributed by atoms with Crippen molar-refractivity contribution in [2.45, 2.75) is 33.4 Å². The van der Waals surface area contributed by atoms with Gasteiger partial charge in [-0.3, -0.25) is 0 Å². The number of rotatable bonds is 8. The van der Waals surface area contributed by atoms with Gasteiger partial charge in [-0.1, -0.05) is 13.8 Å². The zero-order valence-corrected chi connectivity index (χ0v) is 16.7. The summed E-state index contributed by atoms with van der Waals surface area (Å²) in [4.78, 5) is 2.28. The SMILES string of the molecule is CCOc1c(Br)cc(CNCC(C(C)C)N(C)C)cc1Br. The van der Waals surface area contributed by atoms with Gasteiger partial charge in [0, 0.05) is 19.1 Å². The van der Waals surface area contributed by atoms with E-state index in [1.54, 1.807) is 0 Å². The van der Waals surface area contributed by atoms with Crippen LogP contribution in [0.4, 0.5) is 0 Å². The average Bonchev–Trinajstić information content (AvgIpc) is 2.38. The van der Waals surface area contributed by atoms with E-state index in [0.717, 1.165) is 27.8 Å². The van der Waals surface area contributed by atoms with Crippen LogP contribution in [0.2, 0.25) is 0 Å². The Morgan fingerprint density at radius 1 is 1.19 bits per heavy atom. The number of likely N-dealkylation sites (N-methyl/N-ethyl adjacent to an activating group) is 1. The summed E-state index contributed by atoms with van der Waals surface area (Å²) in [6.45, 7) is 9.00. The molecular formula is C16H26Br2N2O. The third kappa shape index (κ3) is 5.89. The number of benzene rings is 1. The molecule has 0 fully saturated rings. The second-order valence-corrected chi connectivity index (χ2v) is 7.44. The fraction of sp³-hybridized carbons (Fsp3) is 0.625. The first-order chi connectivity index (χ1) is 9.86. The molecule has 120 valence electrons. The van der Waals surface area contributed by atoms with E-state index in [1.165, 1.54) is 5.56 Å². The Labute approximate surface area is 145 Å². The maximum Gasteiger partial charge on any atom is 0.147 e. The monoisotopic (exact) mass is 420 g/mol. The Morgan fingerprint density at radius 2 is 1.76 bits per heavy atom. The summed E-state index contributed by atoms with van der Waals surface area (Å²) in [7, 11) is 4.27. The fourth-order valence-electron chi connectivity index (χ4n) is 2.38. The van der Waals surface area contributed by atoms with E-state index in [4.69, 9.17) is 4.74 Å². The smallest absolute Gasteiger partial charge is 0.147 e. The summed E-state index contributed by atoms with van der Waals surface area (Å²) in [6, 6.07) is 4.77. The summed E-state index contributed by atoms with van der Waals surface area (Å²) < 4.78 is 7.59. The van der Waals surface area contributed by atoms with Crippen LogP contribution >= 0.6 is 31.9 Å². The Balaban J connectivity index is 2.64. The summed E-state index contributed by atoms with van der Waals surface area (Å²) >= 11 is 7.15. The third-order valence-corrected chi connectivity index (χ3v) is 4.64. The quantitative estimate of drug-likeness (QED) is 0.677. The van der Waals surface area contributed by atoms with Crippen molar-refractivity contribution < 1.29 is 4.74 Å². The van der Waals surface area contributed by atoms with Crippen LogP contribution in [0.25, 0.3) is 0 Å². The molecule has 0 aromatic heterocycles. The lowest BCUT2D eigenvalue weighted by atomic mass is 10.0. The van der Waals surface area contributed by atoms with Crippen molar-refractivity contribution in [1.29, 1.82) is 0 Å². The van der Waals surface area contributed by atoms with Gasteiger partial charge < -0.3 is 15.0 Å². The van der Waals surface area contributed by atoms with E-state index in [-0.39, 0.29) is 0 Å². The molecule has 0 radical (unpaired) electrons. The largest absolute Gasteiger partial charge is 0.492 e. The molecule has 1 aromatic rings. The first kappa shape index (κ1) is 18.9. The molecule has 0 bridgehead atoms. The normalized spacial score (nSPS) is 13.0. The highest BCUT2D eigenvalue weighted by Gasteiger charge is 2.15. The molecule has 1 unspecified atom stereocenters. The zero-order valence-electron chi connectivity index (χ0n) is 13.5. The molecule has 0 spiro atoms. The maximum absolute atomic E-state index is 5.61. The Morgan fingerprint density at radius 3 is 2.19 bits per heavy atom. The molecule has 1 N–H and O–H groups in total. The molecule has 0 aliphatic rings. The maximum atomic E-state index is 5.61. The minimum atomic E-state index is 0.541. The van der Waals surface area contributed by atoms with Gasteiger partial charge in [0.15, 0.2) is 0 Å². The number of halogens is 2. The molecule has 3 nitrogen and oxygen atoms in total. The first-order valence-electron chi connectivity index (χ1n) is 7.34. The molecule has 0 saturated heterocycles. The van der Waals surface area contributed by atoms with Gasteiger partial charge in [0.25, 0.3) is 0 Å². The van der Waals surface area contributed by atoms with Gasteiger partial charge >= 0.3 is 0 Å². The van der Waals surface area contributed by atoms with Gasteiger partial charge in [0.05, 0.1) is 15.6 Å². The van der Waals surface area contributed by atoms with Gasteiger partial charge in [-0.15, -0.1) is 0 Å². The van der Waals surface area contributed by atoms with E-state index in [9.17, 15) is 0 Å². The summed E-state index contributed by atoms with van der Waals surface area (Å²) in [5.41, 5.74) is 1.23. The number of nitrogens with zero attached hydrogens (tertiary/aromatic N) is 1. The van der Waals surface area contributed by atoms with Gasteiger partial charge in [-0.25, -0.2) is 0 Å². The zero-order chi connectivity index (χ0) is 16.0. The fourth-order valence-corrected chi connectivity index (χ4v) is 3.89. The molecule has 0 amide bonds. The number of hydrogen-bond donors (Lipinski definition) is 1. The van der Waals surface area contributed by atoms with E-state index in [0.29, 0.717) is 18.6 Å². The van der Waals surface area contributed by atoms with Crippen LogP contribution in [0, 0.1) is 5.92 Å². The number of hydrogen-bond acceptors (Lipinski definition) is 3. The van der Waals surface area contributed by atoms with Crippen LogP contribution in [0.15, 0.2) is 21.1 Å². The minimum absolute atomic E-state index is 0.541.